The summed E-state index contributed by atoms with van der Waals surface area (Å²) in [7, 11) is -3.51. The van der Waals surface area contributed by atoms with Crippen LogP contribution in [0, 0.1) is 0 Å². The fourth-order valence-corrected chi connectivity index (χ4v) is 5.36. The molecule has 2 amide bonds. The van der Waals surface area contributed by atoms with Crippen LogP contribution in [-0.4, -0.2) is 58.0 Å². The number of anilines is 1. The number of hydrogen-bond acceptors (Lipinski definition) is 8. The lowest BCUT2D eigenvalue weighted by molar-refractivity contribution is -0.140. The number of hydrogen-bond donors (Lipinski definition) is 3. The average molecular weight is 566 g/mol. The van der Waals surface area contributed by atoms with Gasteiger partial charge in [0.25, 0.3) is 5.91 Å². The Morgan fingerprint density at radius 2 is 1.85 bits per heavy atom. The van der Waals surface area contributed by atoms with E-state index in [1.807, 2.05) is 36.4 Å². The highest BCUT2D eigenvalue weighted by Gasteiger charge is 2.53. The first kappa shape index (κ1) is 26.3. The lowest BCUT2D eigenvalue weighted by Crippen LogP contribution is -2.32. The minimum Gasteiger partial charge on any atom is -0.481 e. The molecule has 3 heterocycles. The van der Waals surface area contributed by atoms with Crippen molar-refractivity contribution in [3.63, 3.8) is 0 Å². The second-order valence-corrected chi connectivity index (χ2v) is 11.9. The number of benzene rings is 1. The first-order valence-electron chi connectivity index (χ1n) is 11.8. The summed E-state index contributed by atoms with van der Waals surface area (Å²) in [6, 6.07) is 12.6. The van der Waals surface area contributed by atoms with E-state index in [1.165, 1.54) is 29.8 Å². The lowest BCUT2D eigenvalue weighted by atomic mass is 9.97. The van der Waals surface area contributed by atoms with Crippen LogP contribution >= 0.6 is 11.3 Å². The number of amides is 2. The molecule has 0 unspecified atom stereocenters. The number of nitrogens with one attached hydrogen (secondary N) is 2. The molecule has 11 nitrogen and oxygen atoms in total. The van der Waals surface area contributed by atoms with Gasteiger partial charge in [-0.05, 0) is 48.2 Å². The third kappa shape index (κ3) is 5.59. The van der Waals surface area contributed by atoms with Crippen LogP contribution in [0.2, 0.25) is 0 Å². The van der Waals surface area contributed by atoms with Gasteiger partial charge in [-0.1, -0.05) is 18.2 Å². The number of carboxylic acids is 1. The zero-order chi connectivity index (χ0) is 27.8. The molecular weight excluding hydrogens is 542 g/mol. The molecule has 0 spiro atoms. The zero-order valence-electron chi connectivity index (χ0n) is 20.6. The lowest BCUT2D eigenvalue weighted by Gasteiger charge is -2.11. The maximum absolute atomic E-state index is 12.4. The van der Waals surface area contributed by atoms with E-state index in [1.54, 1.807) is 11.6 Å². The van der Waals surface area contributed by atoms with Gasteiger partial charge in [-0.2, -0.15) is 0 Å². The van der Waals surface area contributed by atoms with Gasteiger partial charge in [0.05, 0.1) is 29.8 Å². The van der Waals surface area contributed by atoms with Crippen molar-refractivity contribution in [1.29, 1.82) is 0 Å². The molecule has 0 atom stereocenters. The summed E-state index contributed by atoms with van der Waals surface area (Å²) in [6.45, 7) is -0.324. The number of pyridine rings is 1. The third-order valence-corrected chi connectivity index (χ3v) is 8.12. The van der Waals surface area contributed by atoms with E-state index in [0.717, 1.165) is 26.9 Å². The van der Waals surface area contributed by atoms with Crippen LogP contribution in [0.25, 0.3) is 22.4 Å². The standard InChI is InChI=1S/C26H23N5O6S2/c1-39(36,37)31-10-6-19(14-31)23(33)28-13-22(32)30-25-29-20(15-38-25)18-4-2-3-16(11-18)17-5-9-27-21(12-17)26(7-8-26)24(34)35/h2-6,9-12,14-15H,7-8,13H2,1H3,(H,28,33)(H,34,35)(H,29,30,32). The van der Waals surface area contributed by atoms with Gasteiger partial charge in [0.15, 0.2) is 5.13 Å². The predicted octanol–water partition coefficient (Wildman–Crippen LogP) is 2.97. The Bertz CT molecular complexity index is 1700. The van der Waals surface area contributed by atoms with Crippen molar-refractivity contribution < 1.29 is 27.9 Å². The maximum atomic E-state index is 12.4. The van der Waals surface area contributed by atoms with Crippen molar-refractivity contribution in [2.24, 2.45) is 0 Å². The van der Waals surface area contributed by atoms with Gasteiger partial charge >= 0.3 is 5.97 Å². The minimum atomic E-state index is -3.51. The van der Waals surface area contributed by atoms with Gasteiger partial charge in [-0.25, -0.2) is 13.4 Å². The molecular formula is C26H23N5O6S2. The quantitative estimate of drug-likeness (QED) is 0.279. The van der Waals surface area contributed by atoms with Gasteiger partial charge in [0.1, 0.15) is 5.41 Å². The van der Waals surface area contributed by atoms with E-state index < -0.39 is 33.2 Å². The second kappa shape index (κ2) is 10.1. The van der Waals surface area contributed by atoms with Crippen molar-refractivity contribution in [2.75, 3.05) is 18.1 Å². The molecule has 1 aromatic carbocycles. The highest BCUT2D eigenvalue weighted by Crippen LogP contribution is 2.48. The van der Waals surface area contributed by atoms with E-state index in [2.05, 4.69) is 20.6 Å². The summed E-state index contributed by atoms with van der Waals surface area (Å²) < 4.78 is 24.0. The number of nitrogens with zero attached hydrogens (tertiary/aromatic N) is 3. The van der Waals surface area contributed by atoms with Crippen LogP contribution in [-0.2, 0) is 25.0 Å². The molecule has 3 N–H and O–H groups in total. The smallest absolute Gasteiger partial charge is 0.315 e. The summed E-state index contributed by atoms with van der Waals surface area (Å²) in [6.07, 6.45) is 6.22. The van der Waals surface area contributed by atoms with E-state index in [-0.39, 0.29) is 12.1 Å². The van der Waals surface area contributed by atoms with E-state index in [9.17, 15) is 27.9 Å². The number of carbonyl (C=O) groups is 3. The van der Waals surface area contributed by atoms with Gasteiger partial charge in [0, 0.05) is 29.5 Å². The van der Waals surface area contributed by atoms with Crippen molar-refractivity contribution in [2.45, 2.75) is 18.3 Å². The number of carbonyl (C=O) groups excluding carboxylic acids is 2. The highest BCUT2D eigenvalue weighted by atomic mass is 32.2. The summed E-state index contributed by atoms with van der Waals surface area (Å²) in [5.74, 6) is -1.93. The molecule has 3 aromatic heterocycles. The van der Waals surface area contributed by atoms with Crippen LogP contribution in [0.4, 0.5) is 5.13 Å². The van der Waals surface area contributed by atoms with Crippen molar-refractivity contribution in [1.82, 2.24) is 19.3 Å². The Hall–Kier alpha value is -4.36. The van der Waals surface area contributed by atoms with E-state index in [0.29, 0.717) is 29.4 Å². The van der Waals surface area contributed by atoms with Crippen molar-refractivity contribution >= 4 is 44.3 Å². The number of carboxylic acid groups (broad SMARTS) is 1. The van der Waals surface area contributed by atoms with Crippen LogP contribution < -0.4 is 10.6 Å². The topological polar surface area (TPSA) is 160 Å². The Morgan fingerprint density at radius 3 is 2.54 bits per heavy atom. The molecule has 13 heteroatoms. The third-order valence-electron chi connectivity index (χ3n) is 6.37. The molecule has 1 saturated carbocycles. The fourth-order valence-electron chi connectivity index (χ4n) is 4.04. The fraction of sp³-hybridized carbons (Fsp3) is 0.192. The number of aliphatic carboxylic acids is 1. The molecule has 39 heavy (non-hydrogen) atoms. The molecule has 200 valence electrons. The highest BCUT2D eigenvalue weighted by molar-refractivity contribution is 7.89. The van der Waals surface area contributed by atoms with Gasteiger partial charge in [0.2, 0.25) is 15.9 Å². The molecule has 0 saturated heterocycles. The first-order valence-corrected chi connectivity index (χ1v) is 14.5. The summed E-state index contributed by atoms with van der Waals surface area (Å²) in [5, 5.41) is 16.8. The normalized spacial score (nSPS) is 14.0. The molecule has 0 radical (unpaired) electrons. The average Bonchev–Trinajstić information content (AvgIpc) is 3.33. The zero-order valence-corrected chi connectivity index (χ0v) is 22.3. The number of thiazole rings is 1. The minimum absolute atomic E-state index is 0.112. The van der Waals surface area contributed by atoms with Crippen LogP contribution in [0.5, 0.6) is 0 Å². The summed E-state index contributed by atoms with van der Waals surface area (Å²) in [4.78, 5) is 45.1. The molecule has 5 rings (SSSR count). The Labute approximate surface area is 227 Å². The molecule has 1 aliphatic rings. The molecule has 1 aliphatic carbocycles. The summed E-state index contributed by atoms with van der Waals surface area (Å²) in [5.41, 5.74) is 2.95. The summed E-state index contributed by atoms with van der Waals surface area (Å²) >= 11 is 1.23. The van der Waals surface area contributed by atoms with E-state index in [4.69, 9.17) is 0 Å². The van der Waals surface area contributed by atoms with Gasteiger partial charge in [-0.15, -0.1) is 11.3 Å². The molecule has 1 fully saturated rings. The van der Waals surface area contributed by atoms with Crippen LogP contribution in [0.1, 0.15) is 28.9 Å². The Morgan fingerprint density at radius 1 is 1.10 bits per heavy atom. The molecule has 0 aliphatic heterocycles. The van der Waals surface area contributed by atoms with Crippen molar-refractivity contribution in [3.8, 4) is 22.4 Å². The molecule has 4 aromatic rings. The monoisotopic (exact) mass is 565 g/mol. The van der Waals surface area contributed by atoms with Gasteiger partial charge < -0.3 is 15.7 Å². The Kier molecular flexibility index (Phi) is 6.78. The Balaban J connectivity index is 1.23. The van der Waals surface area contributed by atoms with Crippen molar-refractivity contribution in [3.05, 3.63) is 77.7 Å². The van der Waals surface area contributed by atoms with Crippen LogP contribution in [0.3, 0.4) is 0 Å². The maximum Gasteiger partial charge on any atom is 0.315 e. The van der Waals surface area contributed by atoms with Gasteiger partial charge in [-0.3, -0.25) is 23.3 Å². The number of rotatable bonds is 9. The SMILES string of the molecule is CS(=O)(=O)n1ccc(C(=O)NCC(=O)Nc2nc(-c3cccc(-c4ccnc(C5(C(=O)O)CC5)c4)c3)cs2)c1. The van der Waals surface area contributed by atoms with Crippen LogP contribution in [0.15, 0.2) is 66.4 Å². The molecule has 0 bridgehead atoms. The second-order valence-electron chi connectivity index (χ2n) is 9.16. The first-order chi connectivity index (χ1) is 18.5. The van der Waals surface area contributed by atoms with E-state index >= 15 is 0 Å². The number of aromatic nitrogens is 3. The predicted molar refractivity (Wildman–Crippen MR) is 145 cm³/mol. The largest absolute Gasteiger partial charge is 0.481 e.